The summed E-state index contributed by atoms with van der Waals surface area (Å²) < 4.78 is 22.6. The fourth-order valence-corrected chi connectivity index (χ4v) is 4.23. The first-order valence-electron chi connectivity index (χ1n) is 6.74. The molecule has 1 aliphatic rings. The molecule has 0 radical (unpaired) electrons. The quantitative estimate of drug-likeness (QED) is 0.807. The van der Waals surface area contributed by atoms with Crippen LogP contribution < -0.4 is 11.1 Å². The number of benzene rings is 1. The lowest BCUT2D eigenvalue weighted by Crippen LogP contribution is -2.43. The van der Waals surface area contributed by atoms with Crippen molar-refractivity contribution in [3.63, 3.8) is 0 Å². The smallest absolute Gasteiger partial charge is 0.237 e. The van der Waals surface area contributed by atoms with Gasteiger partial charge in [0.2, 0.25) is 5.91 Å². The van der Waals surface area contributed by atoms with Gasteiger partial charge in [-0.15, -0.1) is 0 Å². The van der Waals surface area contributed by atoms with Crippen molar-refractivity contribution in [2.45, 2.75) is 18.9 Å². The van der Waals surface area contributed by atoms with E-state index in [2.05, 4.69) is 5.32 Å². The number of sulfone groups is 1. The average Bonchev–Trinajstić information content (AvgIpc) is 2.76. The topological polar surface area (TPSA) is 89.3 Å². The van der Waals surface area contributed by atoms with Gasteiger partial charge in [0, 0.05) is 6.54 Å². The van der Waals surface area contributed by atoms with E-state index in [0.717, 1.165) is 5.56 Å². The predicted octanol–water partition coefficient (Wildman–Crippen LogP) is 0.107. The molecule has 5 nitrogen and oxygen atoms in total. The number of nitrogens with one attached hydrogen (secondary N) is 1. The lowest BCUT2D eigenvalue weighted by Gasteiger charge is -2.14. The van der Waals surface area contributed by atoms with Gasteiger partial charge in [0.15, 0.2) is 9.84 Å². The zero-order chi connectivity index (χ0) is 14.6. The van der Waals surface area contributed by atoms with Crippen LogP contribution in [0.3, 0.4) is 0 Å². The van der Waals surface area contributed by atoms with Gasteiger partial charge in [-0.3, -0.25) is 4.79 Å². The molecule has 0 spiro atoms. The van der Waals surface area contributed by atoms with Crippen LogP contribution in [0.4, 0.5) is 0 Å². The number of carbonyl (C=O) groups is 1. The zero-order valence-corrected chi connectivity index (χ0v) is 12.1. The normalized spacial score (nSPS) is 22.4. The third-order valence-corrected chi connectivity index (χ3v) is 5.36. The molecule has 1 fully saturated rings. The number of rotatable bonds is 5. The molecule has 0 aliphatic carbocycles. The molecule has 1 aromatic carbocycles. The van der Waals surface area contributed by atoms with Gasteiger partial charge < -0.3 is 11.1 Å². The zero-order valence-electron chi connectivity index (χ0n) is 11.3. The second-order valence-electron chi connectivity index (χ2n) is 5.31. The summed E-state index contributed by atoms with van der Waals surface area (Å²) in [5.41, 5.74) is 6.87. The SMILES string of the molecule is N[C@H](Cc1ccccc1)C(=O)NCC1CCS(=O)(=O)C1. The third kappa shape index (κ3) is 4.31. The van der Waals surface area contributed by atoms with Gasteiger partial charge >= 0.3 is 0 Å². The molecule has 20 heavy (non-hydrogen) atoms. The fraction of sp³-hybridized carbons (Fsp3) is 0.500. The van der Waals surface area contributed by atoms with Crippen molar-refractivity contribution >= 4 is 15.7 Å². The minimum atomic E-state index is -2.89. The maximum absolute atomic E-state index is 11.9. The molecular formula is C14H20N2O3S. The van der Waals surface area contributed by atoms with Crippen molar-refractivity contribution in [2.75, 3.05) is 18.1 Å². The van der Waals surface area contributed by atoms with Crippen LogP contribution in [0.5, 0.6) is 0 Å². The van der Waals surface area contributed by atoms with Gasteiger partial charge in [-0.05, 0) is 24.3 Å². The average molecular weight is 296 g/mol. The standard InChI is InChI=1S/C14H20N2O3S/c15-13(8-11-4-2-1-3-5-11)14(17)16-9-12-6-7-20(18,19)10-12/h1-5,12-13H,6-10,15H2,(H,16,17)/t12?,13-/m1/s1. The lowest BCUT2D eigenvalue weighted by molar-refractivity contribution is -0.122. The van der Waals surface area contributed by atoms with E-state index in [9.17, 15) is 13.2 Å². The van der Waals surface area contributed by atoms with Gasteiger partial charge in [0.25, 0.3) is 0 Å². The Bertz CT molecular complexity index is 557. The first-order valence-corrected chi connectivity index (χ1v) is 8.56. The number of hydrogen-bond donors (Lipinski definition) is 2. The van der Waals surface area contributed by atoms with E-state index < -0.39 is 15.9 Å². The Morgan fingerprint density at radius 3 is 2.65 bits per heavy atom. The molecule has 0 bridgehead atoms. The maximum atomic E-state index is 11.9. The molecule has 1 unspecified atom stereocenters. The van der Waals surface area contributed by atoms with Crippen LogP contribution in [-0.4, -0.2) is 38.4 Å². The Hall–Kier alpha value is -1.40. The molecule has 6 heteroatoms. The van der Waals surface area contributed by atoms with Crippen LogP contribution in [-0.2, 0) is 21.1 Å². The minimum Gasteiger partial charge on any atom is -0.354 e. The van der Waals surface area contributed by atoms with Crippen molar-refractivity contribution in [1.82, 2.24) is 5.32 Å². The summed E-state index contributed by atoms with van der Waals surface area (Å²) in [4.78, 5) is 11.9. The van der Waals surface area contributed by atoms with E-state index in [1.54, 1.807) is 0 Å². The van der Waals surface area contributed by atoms with Gasteiger partial charge in [-0.2, -0.15) is 0 Å². The summed E-state index contributed by atoms with van der Waals surface area (Å²) in [5.74, 6) is 0.191. The van der Waals surface area contributed by atoms with Crippen LogP contribution >= 0.6 is 0 Å². The van der Waals surface area contributed by atoms with Crippen molar-refractivity contribution in [2.24, 2.45) is 11.7 Å². The number of hydrogen-bond acceptors (Lipinski definition) is 4. The molecule has 0 aromatic heterocycles. The van der Waals surface area contributed by atoms with Crippen molar-refractivity contribution in [3.05, 3.63) is 35.9 Å². The van der Waals surface area contributed by atoms with Crippen LogP contribution in [0.1, 0.15) is 12.0 Å². The molecule has 2 rings (SSSR count). The second kappa shape index (κ2) is 6.37. The minimum absolute atomic E-state index is 0.0212. The van der Waals surface area contributed by atoms with Gasteiger partial charge in [0.05, 0.1) is 17.5 Å². The number of carbonyl (C=O) groups excluding carboxylic acids is 1. The summed E-state index contributed by atoms with van der Waals surface area (Å²) in [5, 5.41) is 2.75. The van der Waals surface area contributed by atoms with E-state index in [0.29, 0.717) is 19.4 Å². The first-order chi connectivity index (χ1) is 9.46. The van der Waals surface area contributed by atoms with Crippen molar-refractivity contribution in [1.29, 1.82) is 0 Å². The Kier molecular flexibility index (Phi) is 4.77. The molecule has 3 N–H and O–H groups in total. The molecule has 2 atom stereocenters. The van der Waals surface area contributed by atoms with E-state index in [-0.39, 0.29) is 23.3 Å². The predicted molar refractivity (Wildman–Crippen MR) is 77.9 cm³/mol. The van der Waals surface area contributed by atoms with Crippen molar-refractivity contribution < 1.29 is 13.2 Å². The Morgan fingerprint density at radius 2 is 2.05 bits per heavy atom. The monoisotopic (exact) mass is 296 g/mol. The van der Waals surface area contributed by atoms with Crippen LogP contribution in [0.15, 0.2) is 30.3 Å². The molecule has 110 valence electrons. The van der Waals surface area contributed by atoms with E-state index >= 15 is 0 Å². The Morgan fingerprint density at radius 1 is 1.35 bits per heavy atom. The van der Waals surface area contributed by atoms with Gasteiger partial charge in [0.1, 0.15) is 0 Å². The van der Waals surface area contributed by atoms with Crippen LogP contribution in [0.2, 0.25) is 0 Å². The van der Waals surface area contributed by atoms with E-state index in [1.165, 1.54) is 0 Å². The second-order valence-corrected chi connectivity index (χ2v) is 7.54. The highest BCUT2D eigenvalue weighted by molar-refractivity contribution is 7.91. The summed E-state index contributed by atoms with van der Waals surface area (Å²) >= 11 is 0. The number of nitrogens with two attached hydrogens (primary N) is 1. The molecule has 1 saturated heterocycles. The number of amides is 1. The third-order valence-electron chi connectivity index (χ3n) is 3.53. The lowest BCUT2D eigenvalue weighted by atomic mass is 10.1. The van der Waals surface area contributed by atoms with E-state index in [1.807, 2.05) is 30.3 Å². The summed E-state index contributed by atoms with van der Waals surface area (Å²) in [6.07, 6.45) is 1.10. The summed E-state index contributed by atoms with van der Waals surface area (Å²) in [6, 6.07) is 8.98. The van der Waals surface area contributed by atoms with Crippen molar-refractivity contribution in [3.8, 4) is 0 Å². The van der Waals surface area contributed by atoms with Crippen LogP contribution in [0.25, 0.3) is 0 Å². The largest absolute Gasteiger partial charge is 0.354 e. The first kappa shape index (κ1) is 15.0. The summed E-state index contributed by atoms with van der Waals surface area (Å²) in [6.45, 7) is 0.389. The van der Waals surface area contributed by atoms with Gasteiger partial charge in [-0.25, -0.2) is 8.42 Å². The highest BCUT2D eigenvalue weighted by Gasteiger charge is 2.28. The highest BCUT2D eigenvalue weighted by Crippen LogP contribution is 2.17. The summed E-state index contributed by atoms with van der Waals surface area (Å²) in [7, 11) is -2.89. The van der Waals surface area contributed by atoms with E-state index in [4.69, 9.17) is 5.73 Å². The molecule has 1 aliphatic heterocycles. The molecule has 1 amide bonds. The molecular weight excluding hydrogens is 276 g/mol. The highest BCUT2D eigenvalue weighted by atomic mass is 32.2. The molecule has 1 heterocycles. The Balaban J connectivity index is 1.77. The Labute approximate surface area is 119 Å². The van der Waals surface area contributed by atoms with Gasteiger partial charge in [-0.1, -0.05) is 30.3 Å². The van der Waals surface area contributed by atoms with Crippen LogP contribution in [0, 0.1) is 5.92 Å². The molecule has 1 aromatic rings. The fourth-order valence-electron chi connectivity index (χ4n) is 2.37. The molecule has 0 saturated carbocycles. The maximum Gasteiger partial charge on any atom is 0.237 e.